The molecule has 0 saturated carbocycles. The number of benzene rings is 1. The molecule has 0 aliphatic heterocycles. The van der Waals surface area contributed by atoms with Crippen LogP contribution in [-0.2, 0) is 0 Å². The highest BCUT2D eigenvalue weighted by Gasteiger charge is 2.12. The van der Waals surface area contributed by atoms with E-state index in [9.17, 15) is 4.39 Å². The van der Waals surface area contributed by atoms with E-state index >= 15 is 0 Å². The third kappa shape index (κ3) is 4.05. The predicted octanol–water partition coefficient (Wildman–Crippen LogP) is 3.43. The van der Waals surface area contributed by atoms with E-state index in [4.69, 9.17) is 33.7 Å². The zero-order valence-corrected chi connectivity index (χ0v) is 12.5. The molecule has 1 heterocycles. The zero-order chi connectivity index (χ0) is 15.4. The smallest absolute Gasteiger partial charge is 0.323 e. The molecule has 2 aromatic rings. The highest BCUT2D eigenvalue weighted by molar-refractivity contribution is 6.39. The van der Waals surface area contributed by atoms with Gasteiger partial charge in [-0.2, -0.15) is 15.0 Å². The first-order chi connectivity index (χ1) is 9.99. The van der Waals surface area contributed by atoms with E-state index in [1.165, 1.54) is 0 Å². The quantitative estimate of drug-likeness (QED) is 0.872. The van der Waals surface area contributed by atoms with Gasteiger partial charge in [0.15, 0.2) is 0 Å². The molecule has 112 valence electrons. The standard InChI is InChI=1S/C12H12Cl2FN5O/c1-2-3-21-12-19-10(16)18-11(20-12)17-9-7(13)4-6(15)5-8(9)14/h4-5H,2-3H2,1H3,(H3,16,17,18,19,20). The molecule has 3 N–H and O–H groups in total. The predicted molar refractivity (Wildman–Crippen MR) is 79.7 cm³/mol. The summed E-state index contributed by atoms with van der Waals surface area (Å²) in [6, 6.07) is 2.32. The molecule has 1 aromatic heterocycles. The van der Waals surface area contributed by atoms with Crippen LogP contribution >= 0.6 is 23.2 Å². The summed E-state index contributed by atoms with van der Waals surface area (Å²) < 4.78 is 18.4. The van der Waals surface area contributed by atoms with Crippen molar-refractivity contribution in [3.63, 3.8) is 0 Å². The van der Waals surface area contributed by atoms with Gasteiger partial charge in [0.1, 0.15) is 5.82 Å². The molecule has 0 unspecified atom stereocenters. The first-order valence-electron chi connectivity index (χ1n) is 6.05. The van der Waals surface area contributed by atoms with Crippen molar-refractivity contribution in [1.29, 1.82) is 0 Å². The Bertz CT molecular complexity index is 633. The lowest BCUT2D eigenvalue weighted by Crippen LogP contribution is -2.07. The number of nitrogen functional groups attached to an aromatic ring is 1. The Labute approximate surface area is 130 Å². The molecule has 0 bridgehead atoms. The SMILES string of the molecule is CCCOc1nc(N)nc(Nc2c(Cl)cc(F)cc2Cl)n1. The Kier molecular flexibility index (Phi) is 4.98. The highest BCUT2D eigenvalue weighted by atomic mass is 35.5. The van der Waals surface area contributed by atoms with Crippen LogP contribution in [0.25, 0.3) is 0 Å². The Morgan fingerprint density at radius 2 is 1.90 bits per heavy atom. The monoisotopic (exact) mass is 331 g/mol. The van der Waals surface area contributed by atoms with E-state index in [-0.39, 0.29) is 33.6 Å². The third-order valence-corrected chi connectivity index (χ3v) is 2.91. The Morgan fingerprint density at radius 3 is 2.52 bits per heavy atom. The first kappa shape index (κ1) is 15.5. The van der Waals surface area contributed by atoms with E-state index in [0.717, 1.165) is 18.6 Å². The fraction of sp³-hybridized carbons (Fsp3) is 0.250. The summed E-state index contributed by atoms with van der Waals surface area (Å²) in [6.45, 7) is 2.39. The maximum atomic E-state index is 13.1. The minimum absolute atomic E-state index is 0.0204. The van der Waals surface area contributed by atoms with Gasteiger partial charge in [-0.3, -0.25) is 0 Å². The van der Waals surface area contributed by atoms with E-state index in [0.29, 0.717) is 6.61 Å². The molecule has 0 spiro atoms. The highest BCUT2D eigenvalue weighted by Crippen LogP contribution is 2.33. The lowest BCUT2D eigenvalue weighted by molar-refractivity contribution is 0.292. The van der Waals surface area contributed by atoms with Crippen LogP contribution in [0.5, 0.6) is 6.01 Å². The molecule has 6 nitrogen and oxygen atoms in total. The molecule has 0 saturated heterocycles. The largest absolute Gasteiger partial charge is 0.463 e. The average molecular weight is 332 g/mol. The van der Waals surface area contributed by atoms with Crippen LogP contribution in [-0.4, -0.2) is 21.6 Å². The van der Waals surface area contributed by atoms with Crippen LogP contribution < -0.4 is 15.8 Å². The van der Waals surface area contributed by atoms with E-state index in [1.54, 1.807) is 0 Å². The molecule has 9 heteroatoms. The van der Waals surface area contributed by atoms with E-state index in [1.807, 2.05) is 6.92 Å². The second-order valence-electron chi connectivity index (χ2n) is 4.02. The van der Waals surface area contributed by atoms with Gasteiger partial charge in [-0.1, -0.05) is 30.1 Å². The molecule has 1 aromatic carbocycles. The molecule has 0 aliphatic carbocycles. The van der Waals surface area contributed by atoms with Crippen molar-refractivity contribution in [3.8, 4) is 6.01 Å². The fourth-order valence-electron chi connectivity index (χ4n) is 1.46. The van der Waals surface area contributed by atoms with Crippen LogP contribution in [0.1, 0.15) is 13.3 Å². The summed E-state index contributed by atoms with van der Waals surface area (Å²) in [4.78, 5) is 11.8. The number of nitrogens with two attached hydrogens (primary N) is 1. The molecular weight excluding hydrogens is 320 g/mol. The molecule has 21 heavy (non-hydrogen) atoms. The number of nitrogens with zero attached hydrogens (tertiary/aromatic N) is 3. The van der Waals surface area contributed by atoms with Gasteiger partial charge in [0.05, 0.1) is 22.3 Å². The average Bonchev–Trinajstić information content (AvgIpc) is 2.40. The van der Waals surface area contributed by atoms with E-state index in [2.05, 4.69) is 20.3 Å². The van der Waals surface area contributed by atoms with Crippen LogP contribution in [0.2, 0.25) is 10.0 Å². The van der Waals surface area contributed by atoms with Gasteiger partial charge in [0, 0.05) is 0 Å². The lowest BCUT2D eigenvalue weighted by atomic mass is 10.3. The number of nitrogens with one attached hydrogen (secondary N) is 1. The number of aromatic nitrogens is 3. The maximum absolute atomic E-state index is 13.1. The van der Waals surface area contributed by atoms with Crippen molar-refractivity contribution < 1.29 is 9.13 Å². The zero-order valence-electron chi connectivity index (χ0n) is 11.0. The van der Waals surface area contributed by atoms with Crippen LogP contribution in [0.4, 0.5) is 22.0 Å². The van der Waals surface area contributed by atoms with Crippen LogP contribution in [0.15, 0.2) is 12.1 Å². The van der Waals surface area contributed by atoms with Crippen molar-refractivity contribution in [2.24, 2.45) is 0 Å². The second-order valence-corrected chi connectivity index (χ2v) is 4.83. The van der Waals surface area contributed by atoms with Gasteiger partial charge in [-0.25, -0.2) is 4.39 Å². The van der Waals surface area contributed by atoms with Gasteiger partial charge in [0.25, 0.3) is 0 Å². The number of hydrogen-bond acceptors (Lipinski definition) is 6. The molecule has 0 fully saturated rings. The van der Waals surface area contributed by atoms with E-state index < -0.39 is 5.82 Å². The minimum Gasteiger partial charge on any atom is -0.463 e. The fourth-order valence-corrected chi connectivity index (χ4v) is 2.01. The number of rotatable bonds is 5. The Hall–Kier alpha value is -1.86. The summed E-state index contributed by atoms with van der Waals surface area (Å²) >= 11 is 11.9. The molecule has 0 radical (unpaired) electrons. The number of anilines is 3. The molecular formula is C12H12Cl2FN5O. The van der Waals surface area contributed by atoms with Gasteiger partial charge < -0.3 is 15.8 Å². The van der Waals surface area contributed by atoms with Crippen LogP contribution in [0, 0.1) is 5.82 Å². The summed E-state index contributed by atoms with van der Waals surface area (Å²) in [7, 11) is 0. The summed E-state index contributed by atoms with van der Waals surface area (Å²) in [5, 5.41) is 2.96. The number of halogens is 3. The molecule has 0 atom stereocenters. The Morgan fingerprint density at radius 1 is 1.24 bits per heavy atom. The van der Waals surface area contributed by atoms with Crippen molar-refractivity contribution in [2.75, 3.05) is 17.7 Å². The summed E-state index contributed by atoms with van der Waals surface area (Å²) in [5.74, 6) is -0.463. The number of ether oxygens (including phenoxy) is 1. The van der Waals surface area contributed by atoms with Crippen molar-refractivity contribution in [3.05, 3.63) is 28.0 Å². The molecule has 0 aliphatic rings. The summed E-state index contributed by atoms with van der Waals surface area (Å²) in [6.07, 6.45) is 0.796. The van der Waals surface area contributed by atoms with Crippen molar-refractivity contribution >= 4 is 40.8 Å². The third-order valence-electron chi connectivity index (χ3n) is 2.31. The van der Waals surface area contributed by atoms with Crippen molar-refractivity contribution in [1.82, 2.24) is 15.0 Å². The minimum atomic E-state index is -0.544. The maximum Gasteiger partial charge on any atom is 0.323 e. The van der Waals surface area contributed by atoms with Gasteiger partial charge in [-0.05, 0) is 18.6 Å². The number of hydrogen-bond donors (Lipinski definition) is 2. The Balaban J connectivity index is 2.29. The van der Waals surface area contributed by atoms with Crippen molar-refractivity contribution in [2.45, 2.75) is 13.3 Å². The normalized spacial score (nSPS) is 10.5. The molecule has 0 amide bonds. The topological polar surface area (TPSA) is 86.0 Å². The van der Waals surface area contributed by atoms with Crippen LogP contribution in [0.3, 0.4) is 0 Å². The second kappa shape index (κ2) is 6.73. The van der Waals surface area contributed by atoms with Gasteiger partial charge in [-0.15, -0.1) is 0 Å². The van der Waals surface area contributed by atoms with Gasteiger partial charge >= 0.3 is 6.01 Å². The van der Waals surface area contributed by atoms with Gasteiger partial charge in [0.2, 0.25) is 11.9 Å². The molecule has 2 rings (SSSR count). The first-order valence-corrected chi connectivity index (χ1v) is 6.81. The lowest BCUT2D eigenvalue weighted by Gasteiger charge is -2.10. The summed E-state index contributed by atoms with van der Waals surface area (Å²) in [5.41, 5.74) is 5.85.